The van der Waals surface area contributed by atoms with Gasteiger partial charge in [0.2, 0.25) is 0 Å². The molecule has 0 amide bonds. The summed E-state index contributed by atoms with van der Waals surface area (Å²) in [5.74, 6) is -0.923. The van der Waals surface area contributed by atoms with Crippen LogP contribution in [0.5, 0.6) is 0 Å². The van der Waals surface area contributed by atoms with Crippen LogP contribution in [0.1, 0.15) is 265 Å². The lowest BCUT2D eigenvalue weighted by Crippen LogP contribution is -2.30. The Hall–Kier alpha value is -3.41. The van der Waals surface area contributed by atoms with Gasteiger partial charge in [0.1, 0.15) is 13.2 Å². The van der Waals surface area contributed by atoms with Crippen LogP contribution in [-0.2, 0) is 28.6 Å². The lowest BCUT2D eigenvalue weighted by molar-refractivity contribution is -0.167. The van der Waals surface area contributed by atoms with Crippen molar-refractivity contribution in [1.29, 1.82) is 0 Å². The topological polar surface area (TPSA) is 78.9 Å². The van der Waals surface area contributed by atoms with Crippen LogP contribution in [0.2, 0.25) is 0 Å². The number of hydrogen-bond acceptors (Lipinski definition) is 6. The lowest BCUT2D eigenvalue weighted by atomic mass is 10.1. The maximum Gasteiger partial charge on any atom is 0.306 e. The zero-order valence-electron chi connectivity index (χ0n) is 43.9. The zero-order valence-corrected chi connectivity index (χ0v) is 43.9. The molecule has 0 radical (unpaired) electrons. The minimum Gasteiger partial charge on any atom is -0.462 e. The van der Waals surface area contributed by atoms with Gasteiger partial charge in [0.05, 0.1) is 0 Å². The molecule has 0 saturated heterocycles. The number of hydrogen-bond donors (Lipinski definition) is 0. The van der Waals surface area contributed by atoms with Crippen molar-refractivity contribution in [3.05, 3.63) is 85.1 Å². The molecular formula is C61H104O6. The average Bonchev–Trinajstić information content (AvgIpc) is 3.33. The van der Waals surface area contributed by atoms with Crippen LogP contribution < -0.4 is 0 Å². The first kappa shape index (κ1) is 63.6. The van der Waals surface area contributed by atoms with Crippen molar-refractivity contribution in [1.82, 2.24) is 0 Å². The van der Waals surface area contributed by atoms with E-state index >= 15 is 0 Å². The Labute approximate surface area is 414 Å². The van der Waals surface area contributed by atoms with E-state index in [1.807, 2.05) is 0 Å². The fraction of sp³-hybridized carbons (Fsp3) is 0.721. The number of carbonyl (C=O) groups excluding carboxylic acids is 3. The van der Waals surface area contributed by atoms with Crippen LogP contribution in [-0.4, -0.2) is 37.2 Å². The molecule has 0 aromatic rings. The van der Waals surface area contributed by atoms with Gasteiger partial charge in [0.15, 0.2) is 6.10 Å². The SMILES string of the molecule is CC/C=C\C/C=C\C/C=C\C/C=C\CCCCCCCCC(=O)OCC(COC(=O)CCCCCCC/C=C\CCCCCCCC)OC(=O)CCCCCCC/C=C\C/C=C\CCCCC. The van der Waals surface area contributed by atoms with Gasteiger partial charge in [0.25, 0.3) is 0 Å². The van der Waals surface area contributed by atoms with Gasteiger partial charge < -0.3 is 14.2 Å². The third kappa shape index (κ3) is 53.4. The van der Waals surface area contributed by atoms with E-state index in [0.717, 1.165) is 128 Å². The van der Waals surface area contributed by atoms with Crippen molar-refractivity contribution >= 4 is 17.9 Å². The molecule has 0 aliphatic carbocycles. The maximum atomic E-state index is 12.8. The summed E-state index contributed by atoms with van der Waals surface area (Å²) in [7, 11) is 0. The van der Waals surface area contributed by atoms with Gasteiger partial charge in [-0.15, -0.1) is 0 Å². The molecule has 0 aliphatic rings. The molecule has 0 saturated carbocycles. The van der Waals surface area contributed by atoms with E-state index in [-0.39, 0.29) is 31.1 Å². The Kier molecular flexibility index (Phi) is 52.4. The normalized spacial score (nSPS) is 12.7. The molecule has 6 nitrogen and oxygen atoms in total. The van der Waals surface area contributed by atoms with E-state index in [2.05, 4.69) is 106 Å². The summed E-state index contributed by atoms with van der Waals surface area (Å²) in [6, 6.07) is 0. The van der Waals surface area contributed by atoms with Gasteiger partial charge in [-0.1, -0.05) is 215 Å². The third-order valence-electron chi connectivity index (χ3n) is 11.9. The smallest absolute Gasteiger partial charge is 0.306 e. The summed E-state index contributed by atoms with van der Waals surface area (Å²) in [6.07, 6.45) is 71.3. The quantitative estimate of drug-likeness (QED) is 0.0262. The maximum absolute atomic E-state index is 12.8. The van der Waals surface area contributed by atoms with Gasteiger partial charge in [-0.05, 0) is 116 Å². The van der Waals surface area contributed by atoms with E-state index in [0.29, 0.717) is 19.3 Å². The predicted molar refractivity (Wildman–Crippen MR) is 288 cm³/mol. The van der Waals surface area contributed by atoms with Crippen molar-refractivity contribution < 1.29 is 28.6 Å². The highest BCUT2D eigenvalue weighted by Gasteiger charge is 2.19. The highest BCUT2D eigenvalue weighted by atomic mass is 16.6. The van der Waals surface area contributed by atoms with Gasteiger partial charge in [-0.3, -0.25) is 14.4 Å². The minimum absolute atomic E-state index is 0.0913. The number of unbranched alkanes of at least 4 members (excludes halogenated alkanes) is 25. The molecule has 0 aromatic carbocycles. The number of esters is 3. The molecule has 0 fully saturated rings. The Morgan fingerprint density at radius 1 is 0.313 bits per heavy atom. The molecule has 1 unspecified atom stereocenters. The third-order valence-corrected chi connectivity index (χ3v) is 11.9. The number of ether oxygens (including phenoxy) is 3. The molecule has 0 bridgehead atoms. The first-order valence-corrected chi connectivity index (χ1v) is 28.1. The van der Waals surface area contributed by atoms with E-state index in [9.17, 15) is 14.4 Å². The van der Waals surface area contributed by atoms with E-state index in [1.165, 1.54) is 96.3 Å². The fourth-order valence-electron chi connectivity index (χ4n) is 7.63. The molecule has 0 rings (SSSR count). The molecule has 384 valence electrons. The molecule has 6 heteroatoms. The Bertz CT molecular complexity index is 1300. The standard InChI is InChI=1S/C61H104O6/c1-4-7-10-13-16-19-22-25-28-29-30-31-34-36-39-42-45-48-51-54-60(63)66-57-58(67-61(64)55-52-49-46-43-40-37-33-27-24-21-18-15-12-9-6-3)56-65-59(62)53-50-47-44-41-38-35-32-26-23-20-17-14-11-8-5-2/h7,10,16,18-19,21,25-28,30-33,58H,4-6,8-9,11-15,17,20,22-24,29,34-57H2,1-3H3/b10-7-,19-16-,21-18-,28-25-,31-30-,32-26-,33-27-. The van der Waals surface area contributed by atoms with E-state index < -0.39 is 6.10 Å². The van der Waals surface area contributed by atoms with Crippen LogP contribution in [0.3, 0.4) is 0 Å². The molecule has 0 aromatic heterocycles. The van der Waals surface area contributed by atoms with Crippen molar-refractivity contribution in [2.45, 2.75) is 271 Å². The van der Waals surface area contributed by atoms with Crippen LogP contribution in [0.4, 0.5) is 0 Å². The summed E-state index contributed by atoms with van der Waals surface area (Å²) in [6.45, 7) is 6.47. The Balaban J connectivity index is 4.44. The molecule has 0 aliphatic heterocycles. The summed E-state index contributed by atoms with van der Waals surface area (Å²) < 4.78 is 16.8. The minimum atomic E-state index is -0.794. The van der Waals surface area contributed by atoms with Gasteiger partial charge in [0, 0.05) is 19.3 Å². The molecule has 0 N–H and O–H groups in total. The molecular weight excluding hydrogens is 829 g/mol. The van der Waals surface area contributed by atoms with Crippen molar-refractivity contribution in [3.63, 3.8) is 0 Å². The predicted octanol–water partition coefficient (Wildman–Crippen LogP) is 18.8. The van der Waals surface area contributed by atoms with Crippen molar-refractivity contribution in [2.75, 3.05) is 13.2 Å². The Morgan fingerprint density at radius 3 is 0.955 bits per heavy atom. The van der Waals surface area contributed by atoms with Crippen LogP contribution in [0.15, 0.2) is 85.1 Å². The first-order chi connectivity index (χ1) is 33.0. The number of allylic oxidation sites excluding steroid dienone is 14. The van der Waals surface area contributed by atoms with Crippen LogP contribution in [0.25, 0.3) is 0 Å². The summed E-state index contributed by atoms with van der Waals surface area (Å²) in [5, 5.41) is 0. The number of carbonyl (C=O) groups is 3. The number of rotatable bonds is 50. The monoisotopic (exact) mass is 933 g/mol. The van der Waals surface area contributed by atoms with Gasteiger partial charge >= 0.3 is 17.9 Å². The lowest BCUT2D eigenvalue weighted by Gasteiger charge is -2.18. The summed E-state index contributed by atoms with van der Waals surface area (Å²) in [4.78, 5) is 38.1. The molecule has 67 heavy (non-hydrogen) atoms. The highest BCUT2D eigenvalue weighted by molar-refractivity contribution is 5.71. The molecule has 1 atom stereocenters. The van der Waals surface area contributed by atoms with Crippen molar-refractivity contribution in [3.8, 4) is 0 Å². The van der Waals surface area contributed by atoms with Crippen molar-refractivity contribution in [2.24, 2.45) is 0 Å². The van der Waals surface area contributed by atoms with Gasteiger partial charge in [-0.25, -0.2) is 0 Å². The zero-order chi connectivity index (χ0) is 48.6. The highest BCUT2D eigenvalue weighted by Crippen LogP contribution is 2.14. The van der Waals surface area contributed by atoms with Gasteiger partial charge in [-0.2, -0.15) is 0 Å². The van der Waals surface area contributed by atoms with E-state index in [1.54, 1.807) is 0 Å². The average molecular weight is 933 g/mol. The van der Waals surface area contributed by atoms with E-state index in [4.69, 9.17) is 14.2 Å². The van der Waals surface area contributed by atoms with Crippen LogP contribution in [0, 0.1) is 0 Å². The Morgan fingerprint density at radius 2 is 0.582 bits per heavy atom. The molecule has 0 heterocycles. The van der Waals surface area contributed by atoms with Crippen LogP contribution >= 0.6 is 0 Å². The summed E-state index contributed by atoms with van der Waals surface area (Å²) in [5.41, 5.74) is 0. The first-order valence-electron chi connectivity index (χ1n) is 28.1. The fourth-order valence-corrected chi connectivity index (χ4v) is 7.63. The molecule has 0 spiro atoms. The largest absolute Gasteiger partial charge is 0.462 e. The second-order valence-electron chi connectivity index (χ2n) is 18.5. The summed E-state index contributed by atoms with van der Waals surface area (Å²) >= 11 is 0. The second-order valence-corrected chi connectivity index (χ2v) is 18.5. The second kappa shape index (κ2) is 55.2.